The van der Waals surface area contributed by atoms with E-state index in [1.54, 1.807) is 6.07 Å². The number of nitrogens with zero attached hydrogens (tertiary/aromatic N) is 6. The molecule has 3 heterocycles. The van der Waals surface area contributed by atoms with Crippen molar-refractivity contribution in [3.8, 4) is 0 Å². The Labute approximate surface area is 162 Å². The maximum atomic E-state index is 12.6. The highest BCUT2D eigenvalue weighted by atomic mass is 16.2. The Morgan fingerprint density at radius 2 is 1.56 bits per heavy atom. The molecule has 148 valence electrons. The predicted octanol–water partition coefficient (Wildman–Crippen LogP) is 1.32. The van der Waals surface area contributed by atoms with Gasteiger partial charge in [-0.05, 0) is 25.0 Å². The van der Waals surface area contributed by atoms with E-state index in [0.717, 1.165) is 38.0 Å². The maximum absolute atomic E-state index is 12.6. The van der Waals surface area contributed by atoms with Crippen LogP contribution in [0.25, 0.3) is 0 Å². The third-order valence-corrected chi connectivity index (χ3v) is 6.43. The summed E-state index contributed by atoms with van der Waals surface area (Å²) in [6, 6.07) is 4.96. The van der Waals surface area contributed by atoms with E-state index in [2.05, 4.69) is 20.0 Å². The van der Waals surface area contributed by atoms with Crippen molar-refractivity contribution < 1.29 is 4.79 Å². The van der Waals surface area contributed by atoms with Crippen LogP contribution in [-0.2, 0) is 0 Å². The number of hydrogen-bond donors (Lipinski definition) is 0. The van der Waals surface area contributed by atoms with Gasteiger partial charge in [-0.2, -0.15) is 0 Å². The van der Waals surface area contributed by atoms with E-state index in [-0.39, 0.29) is 5.91 Å². The van der Waals surface area contributed by atoms with Crippen LogP contribution in [0.3, 0.4) is 0 Å². The fraction of sp³-hybridized carbons (Fsp3) is 0.750. The molecule has 7 heteroatoms. The predicted molar refractivity (Wildman–Crippen MR) is 106 cm³/mol. The first-order valence-corrected chi connectivity index (χ1v) is 10.4. The van der Waals surface area contributed by atoms with E-state index < -0.39 is 0 Å². The van der Waals surface area contributed by atoms with E-state index in [1.165, 1.54) is 45.2 Å². The number of rotatable bonds is 4. The first-order chi connectivity index (χ1) is 13.1. The lowest BCUT2D eigenvalue weighted by molar-refractivity contribution is -0.00292. The lowest BCUT2D eigenvalue weighted by atomic mass is 9.93. The van der Waals surface area contributed by atoms with Crippen molar-refractivity contribution >= 4 is 11.7 Å². The molecule has 1 aromatic heterocycles. The van der Waals surface area contributed by atoms with E-state index in [0.29, 0.717) is 11.7 Å². The molecule has 2 saturated heterocycles. The molecule has 3 aliphatic rings. The summed E-state index contributed by atoms with van der Waals surface area (Å²) >= 11 is 0. The normalized spacial score (nSPS) is 23.3. The zero-order valence-electron chi connectivity index (χ0n) is 16.7. The van der Waals surface area contributed by atoms with Gasteiger partial charge in [-0.3, -0.25) is 14.6 Å². The molecule has 0 unspecified atom stereocenters. The van der Waals surface area contributed by atoms with Crippen LogP contribution in [0, 0.1) is 0 Å². The third kappa shape index (κ3) is 4.09. The van der Waals surface area contributed by atoms with Gasteiger partial charge in [0.15, 0.2) is 11.5 Å². The first kappa shape index (κ1) is 18.6. The van der Waals surface area contributed by atoms with Gasteiger partial charge in [-0.25, -0.2) is 0 Å². The van der Waals surface area contributed by atoms with Gasteiger partial charge in [0.05, 0.1) is 0 Å². The van der Waals surface area contributed by atoms with E-state index >= 15 is 0 Å². The minimum atomic E-state index is 0.00453. The van der Waals surface area contributed by atoms with Gasteiger partial charge in [-0.1, -0.05) is 19.3 Å². The monoisotopic (exact) mass is 372 g/mol. The Kier molecular flexibility index (Phi) is 5.59. The molecule has 27 heavy (non-hydrogen) atoms. The van der Waals surface area contributed by atoms with Crippen molar-refractivity contribution in [3.63, 3.8) is 0 Å². The average Bonchev–Trinajstić information content (AvgIpc) is 2.68. The molecule has 0 bridgehead atoms. The second-order valence-corrected chi connectivity index (χ2v) is 8.40. The molecule has 2 aliphatic heterocycles. The lowest BCUT2D eigenvalue weighted by Gasteiger charge is -2.49. The SMILES string of the molecule is CN(C)c1ccc(C(=O)N2CC(N3CCN(C4CCCCC4)CC3)C2)nn1. The smallest absolute Gasteiger partial charge is 0.274 e. The van der Waals surface area contributed by atoms with Crippen LogP contribution in [-0.4, -0.2) is 96.3 Å². The summed E-state index contributed by atoms with van der Waals surface area (Å²) in [6.07, 6.45) is 7.01. The number of hydrogen-bond acceptors (Lipinski definition) is 6. The third-order valence-electron chi connectivity index (χ3n) is 6.43. The Morgan fingerprint density at radius 3 is 2.11 bits per heavy atom. The van der Waals surface area contributed by atoms with E-state index in [1.807, 2.05) is 30.0 Å². The van der Waals surface area contributed by atoms with Gasteiger partial charge in [0.2, 0.25) is 0 Å². The summed E-state index contributed by atoms with van der Waals surface area (Å²) in [7, 11) is 3.83. The average molecular weight is 373 g/mol. The van der Waals surface area contributed by atoms with Crippen LogP contribution >= 0.6 is 0 Å². The van der Waals surface area contributed by atoms with E-state index in [4.69, 9.17) is 0 Å². The van der Waals surface area contributed by atoms with E-state index in [9.17, 15) is 4.79 Å². The molecule has 1 aliphatic carbocycles. The van der Waals surface area contributed by atoms with Crippen molar-refractivity contribution in [2.45, 2.75) is 44.2 Å². The van der Waals surface area contributed by atoms with Crippen LogP contribution < -0.4 is 4.90 Å². The number of carbonyl (C=O) groups excluding carboxylic acids is 1. The highest BCUT2D eigenvalue weighted by Gasteiger charge is 2.37. The van der Waals surface area contributed by atoms with Crippen molar-refractivity contribution in [1.82, 2.24) is 24.9 Å². The molecule has 1 saturated carbocycles. The topological polar surface area (TPSA) is 55.8 Å². The van der Waals surface area contributed by atoms with Crippen molar-refractivity contribution in [3.05, 3.63) is 17.8 Å². The van der Waals surface area contributed by atoms with Crippen molar-refractivity contribution in [2.24, 2.45) is 0 Å². The van der Waals surface area contributed by atoms with Crippen molar-refractivity contribution in [1.29, 1.82) is 0 Å². The molecular formula is C20H32N6O. The molecule has 1 aromatic rings. The lowest BCUT2D eigenvalue weighted by Crippen LogP contribution is -2.64. The van der Waals surface area contributed by atoms with Gasteiger partial charge in [-0.15, -0.1) is 10.2 Å². The largest absolute Gasteiger partial charge is 0.361 e. The first-order valence-electron chi connectivity index (χ1n) is 10.4. The standard InChI is InChI=1S/C20H32N6O/c1-23(2)19-9-8-18(21-22-19)20(27)26-14-17(15-26)25-12-10-24(11-13-25)16-6-4-3-5-7-16/h8-9,16-17H,3-7,10-15H2,1-2H3. The van der Waals surface area contributed by atoms with Gasteiger partial charge in [0, 0.05) is 65.4 Å². The molecule has 0 aromatic carbocycles. The molecule has 0 atom stereocenters. The number of likely N-dealkylation sites (tertiary alicyclic amines) is 1. The second-order valence-electron chi connectivity index (χ2n) is 8.40. The number of amides is 1. The number of anilines is 1. The number of piperazine rings is 1. The highest BCUT2D eigenvalue weighted by molar-refractivity contribution is 5.92. The number of carbonyl (C=O) groups is 1. The Morgan fingerprint density at radius 1 is 0.926 bits per heavy atom. The minimum Gasteiger partial charge on any atom is -0.361 e. The summed E-state index contributed by atoms with van der Waals surface area (Å²) in [5, 5.41) is 8.21. The summed E-state index contributed by atoms with van der Waals surface area (Å²) in [5.41, 5.74) is 0.446. The molecule has 3 fully saturated rings. The van der Waals surface area contributed by atoms with Crippen molar-refractivity contribution in [2.75, 3.05) is 58.3 Å². The molecule has 4 rings (SSSR count). The zero-order valence-corrected chi connectivity index (χ0v) is 16.7. The van der Waals surface area contributed by atoms with Gasteiger partial charge < -0.3 is 9.80 Å². The van der Waals surface area contributed by atoms with Crippen LogP contribution in [0.1, 0.15) is 42.6 Å². The summed E-state index contributed by atoms with van der Waals surface area (Å²) < 4.78 is 0. The Balaban J connectivity index is 1.23. The summed E-state index contributed by atoms with van der Waals surface area (Å²) in [4.78, 5) is 21.6. The Bertz CT molecular complexity index is 628. The zero-order chi connectivity index (χ0) is 18.8. The molecule has 1 amide bonds. The fourth-order valence-corrected chi connectivity index (χ4v) is 4.61. The van der Waals surface area contributed by atoms with Crippen LogP contribution in [0.5, 0.6) is 0 Å². The van der Waals surface area contributed by atoms with Gasteiger partial charge in [0.1, 0.15) is 0 Å². The highest BCUT2D eigenvalue weighted by Crippen LogP contribution is 2.25. The number of aromatic nitrogens is 2. The summed E-state index contributed by atoms with van der Waals surface area (Å²) in [6.45, 7) is 6.29. The molecular weight excluding hydrogens is 340 g/mol. The molecule has 7 nitrogen and oxygen atoms in total. The quantitative estimate of drug-likeness (QED) is 0.795. The molecule has 0 spiro atoms. The van der Waals surface area contributed by atoms with Crippen LogP contribution in [0.2, 0.25) is 0 Å². The van der Waals surface area contributed by atoms with Crippen LogP contribution in [0.4, 0.5) is 5.82 Å². The summed E-state index contributed by atoms with van der Waals surface area (Å²) in [5.74, 6) is 0.772. The second kappa shape index (κ2) is 8.10. The fourth-order valence-electron chi connectivity index (χ4n) is 4.61. The minimum absolute atomic E-state index is 0.00453. The van der Waals surface area contributed by atoms with Gasteiger partial charge >= 0.3 is 0 Å². The molecule has 0 radical (unpaired) electrons. The van der Waals surface area contributed by atoms with Gasteiger partial charge in [0.25, 0.3) is 5.91 Å². The van der Waals surface area contributed by atoms with Crippen LogP contribution in [0.15, 0.2) is 12.1 Å². The Hall–Kier alpha value is -1.73. The maximum Gasteiger partial charge on any atom is 0.274 e. The molecule has 0 N–H and O–H groups in total.